The monoisotopic (exact) mass is 226 g/mol. The Hall–Kier alpha value is -1.30. The SMILES string of the molecule is CCCC(CC)c1ccc2ccc(C)cc2c1. The maximum Gasteiger partial charge on any atom is -0.0164 e. The molecule has 0 saturated carbocycles. The normalized spacial score (nSPS) is 12.9. The molecule has 0 nitrogen and oxygen atoms in total. The van der Waals surface area contributed by atoms with Crippen molar-refractivity contribution in [3.63, 3.8) is 0 Å². The third-order valence-corrected chi connectivity index (χ3v) is 3.62. The van der Waals surface area contributed by atoms with Crippen LogP contribution in [0.3, 0.4) is 0 Å². The van der Waals surface area contributed by atoms with Gasteiger partial charge in [0.15, 0.2) is 0 Å². The van der Waals surface area contributed by atoms with Gasteiger partial charge in [0.05, 0.1) is 0 Å². The van der Waals surface area contributed by atoms with Crippen LogP contribution < -0.4 is 0 Å². The summed E-state index contributed by atoms with van der Waals surface area (Å²) >= 11 is 0. The second-order valence-electron chi connectivity index (χ2n) is 5.00. The first-order valence-corrected chi connectivity index (χ1v) is 6.75. The van der Waals surface area contributed by atoms with E-state index >= 15 is 0 Å². The molecule has 1 unspecified atom stereocenters. The van der Waals surface area contributed by atoms with E-state index in [1.807, 2.05) is 0 Å². The molecule has 0 aromatic heterocycles. The van der Waals surface area contributed by atoms with Gasteiger partial charge in [-0.05, 0) is 42.0 Å². The van der Waals surface area contributed by atoms with Gasteiger partial charge in [-0.15, -0.1) is 0 Å². The lowest BCUT2D eigenvalue weighted by molar-refractivity contribution is 0.596. The molecule has 0 spiro atoms. The molecule has 2 aromatic carbocycles. The van der Waals surface area contributed by atoms with Crippen LogP contribution in [0.25, 0.3) is 10.8 Å². The van der Waals surface area contributed by atoms with E-state index in [9.17, 15) is 0 Å². The van der Waals surface area contributed by atoms with E-state index in [0.29, 0.717) is 0 Å². The van der Waals surface area contributed by atoms with Crippen molar-refractivity contribution in [2.24, 2.45) is 0 Å². The first kappa shape index (κ1) is 12.2. The minimum atomic E-state index is 0.727. The highest BCUT2D eigenvalue weighted by Gasteiger charge is 2.08. The number of hydrogen-bond donors (Lipinski definition) is 0. The fraction of sp³-hybridized carbons (Fsp3) is 0.412. The molecule has 0 radical (unpaired) electrons. The average molecular weight is 226 g/mol. The molecule has 0 bridgehead atoms. The molecule has 0 saturated heterocycles. The van der Waals surface area contributed by atoms with Gasteiger partial charge in [-0.25, -0.2) is 0 Å². The molecule has 0 heteroatoms. The molecule has 0 aliphatic heterocycles. The molecule has 0 aliphatic carbocycles. The van der Waals surface area contributed by atoms with Crippen molar-refractivity contribution >= 4 is 10.8 Å². The molecule has 0 N–H and O–H groups in total. The Labute approximate surface area is 105 Å². The van der Waals surface area contributed by atoms with Crippen molar-refractivity contribution in [2.75, 3.05) is 0 Å². The maximum atomic E-state index is 2.38. The summed E-state index contributed by atoms with van der Waals surface area (Å²) in [6, 6.07) is 13.6. The van der Waals surface area contributed by atoms with Crippen LogP contribution in [0.4, 0.5) is 0 Å². The lowest BCUT2D eigenvalue weighted by Gasteiger charge is -2.15. The van der Waals surface area contributed by atoms with E-state index < -0.39 is 0 Å². The second-order valence-corrected chi connectivity index (χ2v) is 5.00. The third kappa shape index (κ3) is 2.69. The summed E-state index contributed by atoms with van der Waals surface area (Å²) < 4.78 is 0. The minimum absolute atomic E-state index is 0.727. The first-order valence-electron chi connectivity index (χ1n) is 6.75. The summed E-state index contributed by atoms with van der Waals surface area (Å²) in [6.07, 6.45) is 3.81. The van der Waals surface area contributed by atoms with E-state index in [1.54, 1.807) is 0 Å². The standard InChI is InChI=1S/C17H22/c1-4-6-14(5-2)16-10-9-15-8-7-13(3)11-17(15)12-16/h7-12,14H,4-6H2,1-3H3. The number of rotatable bonds is 4. The second kappa shape index (κ2) is 5.35. The molecule has 2 rings (SSSR count). The van der Waals surface area contributed by atoms with Crippen LogP contribution in [0.2, 0.25) is 0 Å². The van der Waals surface area contributed by atoms with Gasteiger partial charge < -0.3 is 0 Å². The van der Waals surface area contributed by atoms with Crippen molar-refractivity contribution in [2.45, 2.75) is 46.0 Å². The van der Waals surface area contributed by atoms with E-state index in [4.69, 9.17) is 0 Å². The van der Waals surface area contributed by atoms with Gasteiger partial charge in [0.2, 0.25) is 0 Å². The highest BCUT2D eigenvalue weighted by Crippen LogP contribution is 2.28. The van der Waals surface area contributed by atoms with Crippen LogP contribution in [0.5, 0.6) is 0 Å². The predicted octanol–water partition coefficient (Wildman–Crippen LogP) is 5.44. The minimum Gasteiger partial charge on any atom is -0.0654 e. The summed E-state index contributed by atoms with van der Waals surface area (Å²) in [5.74, 6) is 0.727. The van der Waals surface area contributed by atoms with Gasteiger partial charge >= 0.3 is 0 Å². The summed E-state index contributed by atoms with van der Waals surface area (Å²) in [5, 5.41) is 2.74. The molecule has 0 aliphatic rings. The lowest BCUT2D eigenvalue weighted by Crippen LogP contribution is -1.96. The van der Waals surface area contributed by atoms with Crippen molar-refractivity contribution in [3.05, 3.63) is 47.5 Å². The topological polar surface area (TPSA) is 0 Å². The highest BCUT2D eigenvalue weighted by atomic mass is 14.1. The Bertz CT molecular complexity index is 496. The highest BCUT2D eigenvalue weighted by molar-refractivity contribution is 5.83. The zero-order chi connectivity index (χ0) is 12.3. The fourth-order valence-electron chi connectivity index (χ4n) is 2.59. The predicted molar refractivity (Wildman–Crippen MR) is 76.6 cm³/mol. The quantitative estimate of drug-likeness (QED) is 0.651. The van der Waals surface area contributed by atoms with Crippen molar-refractivity contribution < 1.29 is 0 Å². The third-order valence-electron chi connectivity index (χ3n) is 3.62. The fourth-order valence-corrected chi connectivity index (χ4v) is 2.59. The number of benzene rings is 2. The van der Waals surface area contributed by atoms with Gasteiger partial charge in [0, 0.05) is 0 Å². The van der Waals surface area contributed by atoms with E-state index in [2.05, 4.69) is 57.2 Å². The molecule has 0 amide bonds. The van der Waals surface area contributed by atoms with Gasteiger partial charge in [0.25, 0.3) is 0 Å². The summed E-state index contributed by atoms with van der Waals surface area (Å²) in [6.45, 7) is 6.73. The zero-order valence-corrected chi connectivity index (χ0v) is 11.2. The summed E-state index contributed by atoms with van der Waals surface area (Å²) in [4.78, 5) is 0. The molecule has 2 aromatic rings. The van der Waals surface area contributed by atoms with Crippen LogP contribution in [0.15, 0.2) is 36.4 Å². The summed E-state index contributed by atoms with van der Waals surface area (Å²) in [7, 11) is 0. The van der Waals surface area contributed by atoms with Crippen LogP contribution in [-0.4, -0.2) is 0 Å². The van der Waals surface area contributed by atoms with Crippen LogP contribution >= 0.6 is 0 Å². The Morgan fingerprint density at radius 2 is 1.71 bits per heavy atom. The van der Waals surface area contributed by atoms with Gasteiger partial charge in [-0.3, -0.25) is 0 Å². The Kier molecular flexibility index (Phi) is 3.83. The van der Waals surface area contributed by atoms with Crippen molar-refractivity contribution in [1.29, 1.82) is 0 Å². The summed E-state index contributed by atoms with van der Waals surface area (Å²) in [5.41, 5.74) is 2.85. The van der Waals surface area contributed by atoms with E-state index in [1.165, 1.54) is 41.2 Å². The van der Waals surface area contributed by atoms with Crippen molar-refractivity contribution in [3.8, 4) is 0 Å². The van der Waals surface area contributed by atoms with Crippen molar-refractivity contribution in [1.82, 2.24) is 0 Å². The van der Waals surface area contributed by atoms with Crippen LogP contribution in [0.1, 0.15) is 50.2 Å². The molecule has 0 fully saturated rings. The zero-order valence-electron chi connectivity index (χ0n) is 11.2. The smallest absolute Gasteiger partial charge is 0.0164 e. The number of hydrogen-bond acceptors (Lipinski definition) is 0. The maximum absolute atomic E-state index is 2.38. The van der Waals surface area contributed by atoms with E-state index in [-0.39, 0.29) is 0 Å². The number of fused-ring (bicyclic) bond motifs is 1. The molecular weight excluding hydrogens is 204 g/mol. The molecule has 17 heavy (non-hydrogen) atoms. The lowest BCUT2D eigenvalue weighted by atomic mass is 9.90. The Morgan fingerprint density at radius 1 is 0.941 bits per heavy atom. The molecule has 90 valence electrons. The van der Waals surface area contributed by atoms with Gasteiger partial charge in [0.1, 0.15) is 0 Å². The number of aryl methyl sites for hydroxylation is 1. The Balaban J connectivity index is 2.41. The largest absolute Gasteiger partial charge is 0.0654 e. The van der Waals surface area contributed by atoms with Crippen LogP contribution in [-0.2, 0) is 0 Å². The molecule has 1 atom stereocenters. The first-order chi connectivity index (χ1) is 8.24. The average Bonchev–Trinajstić information content (AvgIpc) is 2.35. The van der Waals surface area contributed by atoms with E-state index in [0.717, 1.165) is 5.92 Å². The van der Waals surface area contributed by atoms with Gasteiger partial charge in [-0.2, -0.15) is 0 Å². The molecule has 0 heterocycles. The van der Waals surface area contributed by atoms with Crippen LogP contribution in [0, 0.1) is 6.92 Å². The molecular formula is C17H22. The Morgan fingerprint density at radius 3 is 2.41 bits per heavy atom. The van der Waals surface area contributed by atoms with Gasteiger partial charge in [-0.1, -0.05) is 62.2 Å².